The minimum Gasteiger partial charge on any atom is -0.343 e. The van der Waals surface area contributed by atoms with Crippen molar-refractivity contribution in [2.24, 2.45) is 0 Å². The van der Waals surface area contributed by atoms with E-state index in [1.807, 2.05) is 42.5 Å². The summed E-state index contributed by atoms with van der Waals surface area (Å²) in [4.78, 5) is 24.2. The predicted octanol–water partition coefficient (Wildman–Crippen LogP) is 3.45. The molecular weight excluding hydrogens is 360 g/mol. The molecule has 3 aromatic rings. The number of hydrogen-bond donors (Lipinski definition) is 2. The third-order valence-electron chi connectivity index (χ3n) is 4.28. The van der Waals surface area contributed by atoms with E-state index in [9.17, 15) is 9.59 Å². The normalized spacial score (nSPS) is 13.2. The van der Waals surface area contributed by atoms with Gasteiger partial charge >= 0.3 is 0 Å². The van der Waals surface area contributed by atoms with Crippen LogP contribution < -0.4 is 10.6 Å². The van der Waals surface area contributed by atoms with Crippen LogP contribution in [0.15, 0.2) is 54.6 Å². The van der Waals surface area contributed by atoms with Crippen LogP contribution in [0.25, 0.3) is 11.1 Å². The molecule has 1 aliphatic rings. The zero-order chi connectivity index (χ0) is 18.6. The number of hydrogen-bond acceptors (Lipinski definition) is 5. The number of carbonyl (C=O) groups excluding carboxylic acids is 2. The quantitative estimate of drug-likeness (QED) is 0.688. The Morgan fingerprint density at radius 3 is 2.37 bits per heavy atom. The maximum Gasteiger partial charge on any atom is 0.251 e. The fourth-order valence-electron chi connectivity index (χ4n) is 2.65. The molecule has 1 aliphatic carbocycles. The van der Waals surface area contributed by atoms with Gasteiger partial charge in [0, 0.05) is 11.5 Å². The van der Waals surface area contributed by atoms with E-state index in [0.717, 1.165) is 29.0 Å². The zero-order valence-electron chi connectivity index (χ0n) is 14.5. The van der Waals surface area contributed by atoms with Crippen LogP contribution >= 0.6 is 11.3 Å². The van der Waals surface area contributed by atoms with Crippen LogP contribution in [0.2, 0.25) is 0 Å². The third kappa shape index (κ3) is 4.38. The molecule has 1 fully saturated rings. The minimum absolute atomic E-state index is 0.113. The molecule has 2 amide bonds. The monoisotopic (exact) mass is 378 g/mol. The Bertz CT molecular complexity index is 950. The lowest BCUT2D eigenvalue weighted by Crippen LogP contribution is -2.32. The lowest BCUT2D eigenvalue weighted by atomic mass is 10.0. The van der Waals surface area contributed by atoms with E-state index in [4.69, 9.17) is 0 Å². The molecule has 136 valence electrons. The van der Waals surface area contributed by atoms with Gasteiger partial charge in [0.2, 0.25) is 11.0 Å². The van der Waals surface area contributed by atoms with Gasteiger partial charge in [0.25, 0.3) is 5.91 Å². The maximum absolute atomic E-state index is 12.2. The Labute approximate surface area is 160 Å². The Morgan fingerprint density at radius 1 is 0.963 bits per heavy atom. The summed E-state index contributed by atoms with van der Waals surface area (Å²) >= 11 is 1.40. The van der Waals surface area contributed by atoms with Gasteiger partial charge in [-0.15, -0.1) is 10.2 Å². The van der Waals surface area contributed by atoms with Crippen LogP contribution in [0.1, 0.15) is 34.1 Å². The second kappa shape index (κ2) is 7.67. The molecule has 7 heteroatoms. The number of benzene rings is 2. The zero-order valence-corrected chi connectivity index (χ0v) is 15.3. The van der Waals surface area contributed by atoms with E-state index < -0.39 is 0 Å². The highest BCUT2D eigenvalue weighted by Crippen LogP contribution is 2.41. The highest BCUT2D eigenvalue weighted by molar-refractivity contribution is 7.15. The molecule has 2 N–H and O–H groups in total. The summed E-state index contributed by atoms with van der Waals surface area (Å²) < 4.78 is 0. The van der Waals surface area contributed by atoms with E-state index in [2.05, 4.69) is 20.8 Å². The first-order valence-electron chi connectivity index (χ1n) is 8.76. The van der Waals surface area contributed by atoms with E-state index in [0.29, 0.717) is 16.6 Å². The summed E-state index contributed by atoms with van der Waals surface area (Å²) in [6.45, 7) is -0.113. The molecule has 1 heterocycles. The van der Waals surface area contributed by atoms with E-state index in [-0.39, 0.29) is 18.4 Å². The van der Waals surface area contributed by atoms with Crippen LogP contribution in [-0.4, -0.2) is 28.6 Å². The van der Waals surface area contributed by atoms with Crippen LogP contribution in [-0.2, 0) is 4.79 Å². The average molecular weight is 378 g/mol. The Kier molecular flexibility index (Phi) is 4.93. The van der Waals surface area contributed by atoms with Crippen LogP contribution in [0.5, 0.6) is 0 Å². The Morgan fingerprint density at radius 2 is 1.67 bits per heavy atom. The van der Waals surface area contributed by atoms with Crippen molar-refractivity contribution in [2.75, 3.05) is 11.9 Å². The van der Waals surface area contributed by atoms with E-state index in [1.54, 1.807) is 12.1 Å². The van der Waals surface area contributed by atoms with E-state index >= 15 is 0 Å². The van der Waals surface area contributed by atoms with Gasteiger partial charge < -0.3 is 5.32 Å². The van der Waals surface area contributed by atoms with Crippen molar-refractivity contribution in [3.8, 4) is 11.1 Å². The smallest absolute Gasteiger partial charge is 0.251 e. The molecule has 0 spiro atoms. The van der Waals surface area contributed by atoms with Gasteiger partial charge in [-0.25, -0.2) is 0 Å². The molecule has 0 atom stereocenters. The lowest BCUT2D eigenvalue weighted by molar-refractivity contribution is -0.115. The number of rotatable bonds is 6. The van der Waals surface area contributed by atoms with Crippen LogP contribution in [0.3, 0.4) is 0 Å². The number of anilines is 1. The number of nitrogens with one attached hydrogen (secondary N) is 2. The van der Waals surface area contributed by atoms with Crippen molar-refractivity contribution in [1.29, 1.82) is 0 Å². The Hall–Kier alpha value is -3.06. The highest BCUT2D eigenvalue weighted by Gasteiger charge is 2.27. The van der Waals surface area contributed by atoms with Crippen molar-refractivity contribution in [3.05, 3.63) is 65.2 Å². The van der Waals surface area contributed by atoms with Crippen molar-refractivity contribution in [1.82, 2.24) is 15.5 Å². The summed E-state index contributed by atoms with van der Waals surface area (Å²) in [5, 5.41) is 14.8. The van der Waals surface area contributed by atoms with Crippen molar-refractivity contribution < 1.29 is 9.59 Å². The second-order valence-corrected chi connectivity index (χ2v) is 7.40. The van der Waals surface area contributed by atoms with Crippen molar-refractivity contribution in [2.45, 2.75) is 18.8 Å². The van der Waals surface area contributed by atoms with Crippen LogP contribution in [0.4, 0.5) is 5.13 Å². The molecule has 6 nitrogen and oxygen atoms in total. The summed E-state index contributed by atoms with van der Waals surface area (Å²) in [6.07, 6.45) is 2.28. The largest absolute Gasteiger partial charge is 0.343 e. The fraction of sp³-hybridized carbons (Fsp3) is 0.200. The molecule has 0 saturated heterocycles. The second-order valence-electron chi connectivity index (χ2n) is 6.39. The summed E-state index contributed by atoms with van der Waals surface area (Å²) in [6, 6.07) is 17.2. The van der Waals surface area contributed by atoms with E-state index in [1.165, 1.54) is 11.3 Å². The minimum atomic E-state index is -0.317. The number of carbonyl (C=O) groups is 2. The van der Waals surface area contributed by atoms with Gasteiger partial charge in [0.05, 0.1) is 6.54 Å². The fourth-order valence-corrected chi connectivity index (χ4v) is 3.58. The summed E-state index contributed by atoms with van der Waals surface area (Å²) in [5.74, 6) is -0.102. The van der Waals surface area contributed by atoms with Gasteiger partial charge in [-0.05, 0) is 36.1 Å². The molecule has 1 aromatic heterocycles. The first kappa shape index (κ1) is 17.4. The molecule has 0 radical (unpaired) electrons. The average Bonchev–Trinajstić information content (AvgIpc) is 3.46. The summed E-state index contributed by atoms with van der Waals surface area (Å²) in [5.41, 5.74) is 2.63. The first-order chi connectivity index (χ1) is 13.2. The molecule has 0 unspecified atom stereocenters. The maximum atomic E-state index is 12.2. The predicted molar refractivity (Wildman–Crippen MR) is 105 cm³/mol. The molecule has 0 aliphatic heterocycles. The number of nitrogens with zero attached hydrogens (tertiary/aromatic N) is 2. The lowest BCUT2D eigenvalue weighted by Gasteiger charge is -2.06. The number of aromatic nitrogens is 2. The first-order valence-corrected chi connectivity index (χ1v) is 9.57. The topological polar surface area (TPSA) is 84.0 Å². The van der Waals surface area contributed by atoms with Gasteiger partial charge in [-0.1, -0.05) is 53.8 Å². The van der Waals surface area contributed by atoms with Crippen molar-refractivity contribution >= 4 is 28.3 Å². The van der Waals surface area contributed by atoms with Crippen LogP contribution in [0, 0.1) is 0 Å². The number of amides is 2. The molecule has 1 saturated carbocycles. The standard InChI is InChI=1S/C20H18N4O2S/c25-17(22-20-24-23-19(27-20)16-10-11-16)12-21-18(26)15-8-6-14(7-9-15)13-4-2-1-3-5-13/h1-9,16H,10-12H2,(H,21,26)(H,22,24,25). The molecular formula is C20H18N4O2S. The van der Waals surface area contributed by atoms with Gasteiger partial charge in [0.15, 0.2) is 0 Å². The highest BCUT2D eigenvalue weighted by atomic mass is 32.1. The van der Waals surface area contributed by atoms with Gasteiger partial charge in [-0.2, -0.15) is 0 Å². The molecule has 27 heavy (non-hydrogen) atoms. The third-order valence-corrected chi connectivity index (χ3v) is 5.28. The van der Waals surface area contributed by atoms with Crippen molar-refractivity contribution in [3.63, 3.8) is 0 Å². The summed E-state index contributed by atoms with van der Waals surface area (Å²) in [7, 11) is 0. The van der Waals surface area contributed by atoms with Gasteiger partial charge in [0.1, 0.15) is 5.01 Å². The Balaban J connectivity index is 1.30. The molecule has 0 bridgehead atoms. The van der Waals surface area contributed by atoms with Gasteiger partial charge in [-0.3, -0.25) is 14.9 Å². The molecule has 2 aromatic carbocycles. The SMILES string of the molecule is O=C(CNC(=O)c1ccc(-c2ccccc2)cc1)Nc1nnc(C2CC2)s1. The molecule has 4 rings (SSSR count).